The second kappa shape index (κ2) is 7.53. The fourth-order valence-electron chi connectivity index (χ4n) is 2.00. The molecule has 6 nitrogen and oxygen atoms in total. The number of phenolic OH excluding ortho intramolecular Hbond substituents is 1. The molecule has 0 spiro atoms. The summed E-state index contributed by atoms with van der Waals surface area (Å²) in [5.74, 6) is -2.59. The second-order valence-corrected chi connectivity index (χ2v) is 4.72. The van der Waals surface area contributed by atoms with Gasteiger partial charge in [-0.3, -0.25) is 10.1 Å². The minimum absolute atomic E-state index is 0. The molecule has 0 saturated heterocycles. The van der Waals surface area contributed by atoms with Crippen molar-refractivity contribution in [3.8, 4) is 11.5 Å². The molecule has 3 N–H and O–H groups in total. The van der Waals surface area contributed by atoms with Gasteiger partial charge in [0.05, 0.1) is 17.0 Å². The van der Waals surface area contributed by atoms with Gasteiger partial charge in [-0.15, -0.1) is 25.6 Å². The van der Waals surface area contributed by atoms with Crippen molar-refractivity contribution in [3.05, 3.63) is 63.5 Å². The van der Waals surface area contributed by atoms with Crippen LogP contribution in [0.1, 0.15) is 17.2 Å². The van der Waals surface area contributed by atoms with Crippen LogP contribution in [0, 0.1) is 15.9 Å². The molecule has 0 aromatic heterocycles. The molecule has 0 aliphatic rings. The highest BCUT2D eigenvalue weighted by molar-refractivity contribution is 5.85. The van der Waals surface area contributed by atoms with Crippen LogP contribution in [0.2, 0.25) is 0 Å². The predicted octanol–water partition coefficient (Wildman–Crippen LogP) is 3.81. The Kier molecular flexibility index (Phi) is 6.16. The maximum atomic E-state index is 13.6. The van der Waals surface area contributed by atoms with Gasteiger partial charge in [0.15, 0.2) is 11.6 Å². The molecule has 1 atom stereocenters. The zero-order valence-corrected chi connectivity index (χ0v) is 13.0. The number of aromatic hydroxyl groups is 1. The number of phenols is 1. The Balaban J connectivity index is 0.00000312. The van der Waals surface area contributed by atoms with E-state index in [9.17, 15) is 32.8 Å². The normalized spacial score (nSPS) is 12.2. The minimum atomic E-state index is -4.86. The van der Waals surface area contributed by atoms with Crippen LogP contribution in [0.3, 0.4) is 0 Å². The lowest BCUT2D eigenvalue weighted by molar-refractivity contribution is -0.385. The number of benzene rings is 2. The maximum absolute atomic E-state index is 13.6. The Bertz CT molecular complexity index is 769. The molecule has 11 heteroatoms. The second-order valence-electron chi connectivity index (χ2n) is 4.72. The first-order valence-electron chi connectivity index (χ1n) is 6.36. The lowest BCUT2D eigenvalue weighted by atomic mass is 9.98. The van der Waals surface area contributed by atoms with Crippen molar-refractivity contribution in [2.75, 3.05) is 0 Å². The van der Waals surface area contributed by atoms with Crippen LogP contribution < -0.4 is 10.5 Å². The molecule has 0 amide bonds. The molecule has 0 heterocycles. The Hall–Kier alpha value is -2.59. The third-order valence-electron chi connectivity index (χ3n) is 3.10. The predicted molar refractivity (Wildman–Crippen MR) is 81.1 cm³/mol. The molecular weight excluding hydrogens is 372 g/mol. The fraction of sp³-hybridized carbons (Fsp3) is 0.143. The van der Waals surface area contributed by atoms with Crippen molar-refractivity contribution in [2.45, 2.75) is 12.4 Å². The molecule has 2 aromatic carbocycles. The van der Waals surface area contributed by atoms with E-state index in [2.05, 4.69) is 4.74 Å². The number of nitrogens with two attached hydrogens (primary N) is 1. The zero-order valence-electron chi connectivity index (χ0n) is 12.2. The topological polar surface area (TPSA) is 98.6 Å². The number of hydrogen-bond acceptors (Lipinski definition) is 5. The first-order valence-corrected chi connectivity index (χ1v) is 6.36. The van der Waals surface area contributed by atoms with Gasteiger partial charge in [-0.2, -0.15) is 0 Å². The number of rotatable bonds is 4. The highest BCUT2D eigenvalue weighted by Crippen LogP contribution is 2.34. The van der Waals surface area contributed by atoms with E-state index in [1.54, 1.807) is 0 Å². The summed E-state index contributed by atoms with van der Waals surface area (Å²) in [4.78, 5) is 9.88. The number of hydrogen-bond donors (Lipinski definition) is 2. The van der Waals surface area contributed by atoms with Crippen molar-refractivity contribution >= 4 is 18.1 Å². The van der Waals surface area contributed by atoms with E-state index in [4.69, 9.17) is 5.73 Å². The molecule has 25 heavy (non-hydrogen) atoms. The van der Waals surface area contributed by atoms with Gasteiger partial charge >= 0.3 is 6.36 Å². The van der Waals surface area contributed by atoms with Crippen LogP contribution in [-0.4, -0.2) is 16.4 Å². The Morgan fingerprint density at radius 2 is 1.76 bits per heavy atom. The molecule has 2 aromatic rings. The van der Waals surface area contributed by atoms with Crippen LogP contribution in [0.15, 0.2) is 36.4 Å². The van der Waals surface area contributed by atoms with Crippen LogP contribution in [0.5, 0.6) is 11.5 Å². The molecule has 0 aliphatic heterocycles. The van der Waals surface area contributed by atoms with Gasteiger partial charge in [0.2, 0.25) is 0 Å². The largest absolute Gasteiger partial charge is 0.573 e. The molecule has 2 rings (SSSR count). The fourth-order valence-corrected chi connectivity index (χ4v) is 2.00. The smallest absolute Gasteiger partial charge is 0.505 e. The zero-order chi connectivity index (χ0) is 18.1. The van der Waals surface area contributed by atoms with Crippen molar-refractivity contribution in [2.24, 2.45) is 5.73 Å². The van der Waals surface area contributed by atoms with Crippen molar-refractivity contribution in [1.29, 1.82) is 0 Å². The van der Waals surface area contributed by atoms with Crippen LogP contribution in [0.25, 0.3) is 0 Å². The number of halogens is 5. The van der Waals surface area contributed by atoms with Crippen LogP contribution in [-0.2, 0) is 0 Å². The monoisotopic (exact) mass is 382 g/mol. The van der Waals surface area contributed by atoms with E-state index >= 15 is 0 Å². The summed E-state index contributed by atoms with van der Waals surface area (Å²) in [5.41, 5.74) is 5.12. The van der Waals surface area contributed by atoms with Gasteiger partial charge in [-0.1, -0.05) is 12.1 Å². The number of nitro benzene ring substituents is 1. The van der Waals surface area contributed by atoms with Gasteiger partial charge in [0.25, 0.3) is 5.69 Å². The first kappa shape index (κ1) is 20.5. The van der Waals surface area contributed by atoms with Crippen LogP contribution >= 0.6 is 12.4 Å². The van der Waals surface area contributed by atoms with Crippen molar-refractivity contribution < 1.29 is 32.3 Å². The highest BCUT2D eigenvalue weighted by Gasteiger charge is 2.31. The molecule has 0 radical (unpaired) electrons. The molecule has 0 bridgehead atoms. The molecule has 136 valence electrons. The summed E-state index contributed by atoms with van der Waals surface area (Å²) in [7, 11) is 0. The quantitative estimate of drug-likeness (QED) is 0.476. The lowest BCUT2D eigenvalue weighted by Crippen LogP contribution is -2.17. The van der Waals surface area contributed by atoms with E-state index in [0.717, 1.165) is 18.2 Å². The summed E-state index contributed by atoms with van der Waals surface area (Å²) < 4.78 is 53.6. The number of non-ortho nitro benzene ring substituents is 1. The third-order valence-corrected chi connectivity index (χ3v) is 3.10. The SMILES string of the molecule is Cl.N[C@@H](c1ccc(OC(F)(F)F)cc1)c1cc([N+](=O)[O-])cc(F)c1O. The van der Waals surface area contributed by atoms with Crippen molar-refractivity contribution in [1.82, 2.24) is 0 Å². The van der Waals surface area contributed by atoms with E-state index in [1.165, 1.54) is 12.1 Å². The number of nitro groups is 1. The van der Waals surface area contributed by atoms with E-state index in [1.807, 2.05) is 0 Å². The van der Waals surface area contributed by atoms with Gasteiger partial charge in [0, 0.05) is 11.6 Å². The number of ether oxygens (including phenoxy) is 1. The van der Waals surface area contributed by atoms with E-state index in [-0.39, 0.29) is 23.5 Å². The average molecular weight is 383 g/mol. The molecule has 0 aliphatic carbocycles. The summed E-state index contributed by atoms with van der Waals surface area (Å²) in [6, 6.07) is 4.53. The highest BCUT2D eigenvalue weighted by atomic mass is 35.5. The van der Waals surface area contributed by atoms with Gasteiger partial charge in [0.1, 0.15) is 5.75 Å². The lowest BCUT2D eigenvalue weighted by Gasteiger charge is -2.15. The minimum Gasteiger partial charge on any atom is -0.505 e. The molecular formula is C14H11ClF4N2O4. The summed E-state index contributed by atoms with van der Waals surface area (Å²) in [6.07, 6.45) is -4.86. The average Bonchev–Trinajstić information content (AvgIpc) is 2.48. The Morgan fingerprint density at radius 1 is 1.20 bits per heavy atom. The Labute approximate surface area is 144 Å². The van der Waals surface area contributed by atoms with Gasteiger partial charge in [-0.25, -0.2) is 4.39 Å². The van der Waals surface area contributed by atoms with Gasteiger partial charge in [-0.05, 0) is 17.7 Å². The van der Waals surface area contributed by atoms with Gasteiger partial charge < -0.3 is 15.6 Å². The molecule has 0 fully saturated rings. The summed E-state index contributed by atoms with van der Waals surface area (Å²) in [6.45, 7) is 0. The summed E-state index contributed by atoms with van der Waals surface area (Å²) >= 11 is 0. The molecule has 0 saturated carbocycles. The van der Waals surface area contributed by atoms with E-state index in [0.29, 0.717) is 6.07 Å². The number of nitrogens with zero attached hydrogens (tertiary/aromatic N) is 1. The first-order chi connectivity index (χ1) is 11.1. The van der Waals surface area contributed by atoms with E-state index < -0.39 is 40.3 Å². The van der Waals surface area contributed by atoms with Crippen LogP contribution in [0.4, 0.5) is 23.2 Å². The Morgan fingerprint density at radius 3 is 2.24 bits per heavy atom. The van der Waals surface area contributed by atoms with Crippen molar-refractivity contribution in [3.63, 3.8) is 0 Å². The maximum Gasteiger partial charge on any atom is 0.573 e. The molecule has 0 unspecified atom stereocenters. The number of alkyl halides is 3. The third kappa shape index (κ3) is 4.94. The summed E-state index contributed by atoms with van der Waals surface area (Å²) in [5, 5.41) is 20.4. The standard InChI is InChI=1S/C14H10F4N2O4.ClH/c15-11-6-8(20(22)23)5-10(13(11)21)12(19)7-1-3-9(4-2-7)24-14(16,17)18;/h1-6,12,21H,19H2;1H/t12-;/m0./s1.